The van der Waals surface area contributed by atoms with Gasteiger partial charge in [0.15, 0.2) is 12.6 Å². The Balaban J connectivity index is 1.52. The molecule has 6 nitrogen and oxygen atoms in total. The maximum atomic E-state index is 12.8. The summed E-state index contributed by atoms with van der Waals surface area (Å²) in [6.45, 7) is 1.27. The van der Waals surface area contributed by atoms with E-state index < -0.39 is 11.5 Å². The minimum absolute atomic E-state index is 0.223. The summed E-state index contributed by atoms with van der Waals surface area (Å²) in [5, 5.41) is 2.98. The van der Waals surface area contributed by atoms with Crippen molar-refractivity contribution < 1.29 is 23.6 Å². The molecule has 0 unspecified atom stereocenters. The molecule has 0 saturated carbocycles. The second kappa shape index (κ2) is 8.69. The maximum absolute atomic E-state index is 12.8. The summed E-state index contributed by atoms with van der Waals surface area (Å²) in [6, 6.07) is 19.5. The molecule has 2 aliphatic rings. The van der Waals surface area contributed by atoms with Gasteiger partial charge in [0.05, 0.1) is 13.5 Å². The quantitative estimate of drug-likeness (QED) is 0.611. The van der Waals surface area contributed by atoms with E-state index in [0.717, 1.165) is 12.3 Å². The van der Waals surface area contributed by atoms with Gasteiger partial charge >= 0.3 is 11.9 Å². The standard InChI is InChI=1S/C24H26N2O4/c1-29-23(28)24(25-22(27)19-10-6-3-7-11-19)13-12-21-26(15-14-24)20(17-30-21)16-18-8-4-2-5-9-18/h2-11,20H,12-17H2,1H3/p+1/t20-,24+/m0/s1. The topological polar surface area (TPSA) is 67.6 Å². The van der Waals surface area contributed by atoms with Crippen molar-refractivity contribution in [3.8, 4) is 0 Å². The van der Waals surface area contributed by atoms with Gasteiger partial charge in [-0.25, -0.2) is 4.79 Å². The largest absolute Gasteiger partial charge is 0.467 e. The van der Waals surface area contributed by atoms with E-state index in [0.29, 0.717) is 38.0 Å². The third-order valence-electron chi connectivity index (χ3n) is 6.03. The van der Waals surface area contributed by atoms with Gasteiger partial charge in [-0.05, 0) is 24.1 Å². The molecule has 4 rings (SSSR count). The van der Waals surface area contributed by atoms with Gasteiger partial charge < -0.3 is 14.8 Å². The third kappa shape index (κ3) is 4.08. The molecule has 1 amide bonds. The van der Waals surface area contributed by atoms with Crippen LogP contribution in [0.2, 0.25) is 0 Å². The van der Waals surface area contributed by atoms with Crippen molar-refractivity contribution in [2.75, 3.05) is 20.3 Å². The molecule has 0 aromatic heterocycles. The Hall–Kier alpha value is -3.15. The van der Waals surface area contributed by atoms with Crippen molar-refractivity contribution in [3.63, 3.8) is 0 Å². The van der Waals surface area contributed by atoms with Crippen molar-refractivity contribution >= 4 is 17.8 Å². The van der Waals surface area contributed by atoms with Gasteiger partial charge in [0.1, 0.15) is 12.1 Å². The summed E-state index contributed by atoms with van der Waals surface area (Å²) in [4.78, 5) is 25.6. The molecule has 6 heteroatoms. The molecule has 0 saturated heterocycles. The number of carbonyl (C=O) groups is 2. The van der Waals surface area contributed by atoms with Crippen LogP contribution in [0, 0.1) is 0 Å². The highest BCUT2D eigenvalue weighted by atomic mass is 16.5. The van der Waals surface area contributed by atoms with Crippen LogP contribution in [0.25, 0.3) is 0 Å². The van der Waals surface area contributed by atoms with E-state index >= 15 is 0 Å². The van der Waals surface area contributed by atoms with Crippen LogP contribution in [0.3, 0.4) is 0 Å². The minimum atomic E-state index is -1.07. The number of hydrogen-bond donors (Lipinski definition) is 1. The Kier molecular flexibility index (Phi) is 5.84. The van der Waals surface area contributed by atoms with E-state index in [1.807, 2.05) is 24.3 Å². The van der Waals surface area contributed by atoms with Crippen molar-refractivity contribution in [3.05, 3.63) is 71.8 Å². The zero-order valence-electron chi connectivity index (χ0n) is 17.2. The lowest BCUT2D eigenvalue weighted by atomic mass is 9.89. The zero-order chi connectivity index (χ0) is 21.0. The highest BCUT2D eigenvalue weighted by Gasteiger charge is 2.48. The molecule has 2 aromatic rings. The van der Waals surface area contributed by atoms with Crippen LogP contribution in [0.5, 0.6) is 0 Å². The number of benzene rings is 2. The zero-order valence-corrected chi connectivity index (χ0v) is 17.2. The molecule has 0 radical (unpaired) electrons. The number of amides is 1. The summed E-state index contributed by atoms with van der Waals surface area (Å²) in [7, 11) is 1.37. The minimum Gasteiger partial charge on any atom is -0.467 e. The average molecular weight is 407 g/mol. The van der Waals surface area contributed by atoms with Gasteiger partial charge in [0.2, 0.25) is 0 Å². The van der Waals surface area contributed by atoms with E-state index in [1.54, 1.807) is 24.3 Å². The van der Waals surface area contributed by atoms with Gasteiger partial charge in [0, 0.05) is 18.4 Å². The molecule has 2 atom stereocenters. The number of esters is 1. The van der Waals surface area contributed by atoms with Crippen LogP contribution >= 0.6 is 0 Å². The van der Waals surface area contributed by atoms with Crippen molar-refractivity contribution in [1.82, 2.24) is 5.32 Å². The average Bonchev–Trinajstić information content (AvgIpc) is 3.07. The maximum Gasteiger partial charge on any atom is 0.336 e. The first-order valence-electron chi connectivity index (χ1n) is 10.4. The monoisotopic (exact) mass is 407 g/mol. The van der Waals surface area contributed by atoms with Crippen LogP contribution in [-0.4, -0.2) is 54.2 Å². The molecule has 2 aliphatic heterocycles. The molecule has 2 heterocycles. The van der Waals surface area contributed by atoms with Gasteiger partial charge in [-0.15, -0.1) is 0 Å². The Labute approximate surface area is 176 Å². The summed E-state index contributed by atoms with van der Waals surface area (Å²) < 4.78 is 13.4. The lowest BCUT2D eigenvalue weighted by Gasteiger charge is -2.30. The predicted octanol–water partition coefficient (Wildman–Crippen LogP) is 2.56. The molecular weight excluding hydrogens is 380 g/mol. The van der Waals surface area contributed by atoms with E-state index in [4.69, 9.17) is 9.47 Å². The van der Waals surface area contributed by atoms with Gasteiger partial charge in [-0.1, -0.05) is 48.5 Å². The molecule has 30 heavy (non-hydrogen) atoms. The van der Waals surface area contributed by atoms with E-state index in [-0.39, 0.29) is 11.9 Å². The second-order valence-electron chi connectivity index (χ2n) is 7.89. The lowest BCUT2D eigenvalue weighted by molar-refractivity contribution is -0.556. The molecule has 156 valence electrons. The molecular formula is C24H27N2O4+. The highest BCUT2D eigenvalue weighted by Crippen LogP contribution is 2.27. The summed E-state index contributed by atoms with van der Waals surface area (Å²) in [5.41, 5.74) is 0.712. The van der Waals surface area contributed by atoms with Crippen molar-refractivity contribution in [2.24, 2.45) is 0 Å². The first-order valence-corrected chi connectivity index (χ1v) is 10.4. The number of nitrogens with zero attached hydrogens (tertiary/aromatic N) is 1. The Morgan fingerprint density at radius 1 is 1.10 bits per heavy atom. The lowest BCUT2D eigenvalue weighted by Crippen LogP contribution is -2.55. The SMILES string of the molecule is COC(=O)[C@@]1(NC(=O)c2ccccc2)CCC2=[N+](CC1)[C@@H](Cc1ccccc1)CO2. The summed E-state index contributed by atoms with van der Waals surface area (Å²) in [5.74, 6) is 0.221. The first kappa shape index (κ1) is 20.1. The molecule has 0 spiro atoms. The fourth-order valence-electron chi connectivity index (χ4n) is 4.36. The predicted molar refractivity (Wildman–Crippen MR) is 113 cm³/mol. The molecule has 0 fully saturated rings. The smallest absolute Gasteiger partial charge is 0.336 e. The van der Waals surface area contributed by atoms with Crippen molar-refractivity contribution in [1.29, 1.82) is 0 Å². The van der Waals surface area contributed by atoms with Crippen LogP contribution < -0.4 is 5.32 Å². The van der Waals surface area contributed by atoms with E-state index in [2.05, 4.69) is 22.0 Å². The number of nitrogens with one attached hydrogen (secondary N) is 1. The highest BCUT2D eigenvalue weighted by molar-refractivity contribution is 5.98. The van der Waals surface area contributed by atoms with Gasteiger partial charge in [-0.3, -0.25) is 4.79 Å². The number of rotatable bonds is 5. The number of carbonyl (C=O) groups excluding carboxylic acids is 2. The van der Waals surface area contributed by atoms with Crippen LogP contribution in [0.15, 0.2) is 60.7 Å². The molecule has 2 aromatic carbocycles. The number of methoxy groups -OCH3 is 1. The molecule has 1 N–H and O–H groups in total. The number of ether oxygens (including phenoxy) is 2. The van der Waals surface area contributed by atoms with Crippen LogP contribution in [0.1, 0.15) is 35.2 Å². The second-order valence-corrected chi connectivity index (χ2v) is 7.89. The third-order valence-corrected chi connectivity index (χ3v) is 6.03. The fourth-order valence-corrected chi connectivity index (χ4v) is 4.36. The summed E-state index contributed by atoms with van der Waals surface area (Å²) in [6.07, 6.45) is 2.37. The van der Waals surface area contributed by atoms with Gasteiger partial charge in [0.25, 0.3) is 5.91 Å². The first-order chi connectivity index (χ1) is 14.6. The van der Waals surface area contributed by atoms with E-state index in [1.165, 1.54) is 12.7 Å². The van der Waals surface area contributed by atoms with E-state index in [9.17, 15) is 9.59 Å². The normalized spacial score (nSPS) is 23.2. The Morgan fingerprint density at radius 3 is 2.50 bits per heavy atom. The van der Waals surface area contributed by atoms with Crippen molar-refractivity contribution in [2.45, 2.75) is 37.3 Å². The fraction of sp³-hybridized carbons (Fsp3) is 0.375. The van der Waals surface area contributed by atoms with Crippen LogP contribution in [-0.2, 0) is 20.7 Å². The molecule has 0 bridgehead atoms. The Bertz CT molecular complexity index is 942. The summed E-state index contributed by atoms with van der Waals surface area (Å²) >= 11 is 0. The molecule has 0 aliphatic carbocycles. The number of hydrogen-bond acceptors (Lipinski definition) is 4. The van der Waals surface area contributed by atoms with Crippen LogP contribution in [0.4, 0.5) is 0 Å². The van der Waals surface area contributed by atoms with Gasteiger partial charge in [-0.2, -0.15) is 4.58 Å². The Morgan fingerprint density at radius 2 is 1.80 bits per heavy atom.